The summed E-state index contributed by atoms with van der Waals surface area (Å²) in [6, 6.07) is 0. The van der Waals surface area contributed by atoms with Crippen molar-refractivity contribution in [3.63, 3.8) is 0 Å². The topological polar surface area (TPSA) is 70.0 Å². The molecule has 0 aromatic rings. The fraction of sp³-hybridized carbons (Fsp3) is 0.929. The van der Waals surface area contributed by atoms with Crippen LogP contribution in [-0.4, -0.2) is 59.0 Å². The molecule has 0 spiro atoms. The second kappa shape index (κ2) is 7.82. The fourth-order valence-corrected chi connectivity index (χ4v) is 2.48. The van der Waals surface area contributed by atoms with Crippen LogP contribution in [0.25, 0.3) is 0 Å². The van der Waals surface area contributed by atoms with Gasteiger partial charge in [0.1, 0.15) is 5.54 Å². The molecule has 112 valence electrons. The number of rotatable bonds is 8. The van der Waals surface area contributed by atoms with Gasteiger partial charge in [-0.05, 0) is 39.2 Å². The van der Waals surface area contributed by atoms with Crippen molar-refractivity contribution in [3.8, 4) is 0 Å². The first kappa shape index (κ1) is 16.4. The summed E-state index contributed by atoms with van der Waals surface area (Å²) >= 11 is 0. The molecule has 0 bridgehead atoms. The van der Waals surface area contributed by atoms with Crippen molar-refractivity contribution in [1.29, 1.82) is 0 Å². The molecule has 1 fully saturated rings. The van der Waals surface area contributed by atoms with E-state index in [2.05, 4.69) is 6.92 Å². The average Bonchev–Trinajstić information content (AvgIpc) is 2.37. The zero-order valence-corrected chi connectivity index (χ0v) is 12.1. The quantitative estimate of drug-likeness (QED) is 0.656. The molecule has 0 aliphatic carbocycles. The average molecular weight is 273 g/mol. The first-order valence-electron chi connectivity index (χ1n) is 7.25. The van der Waals surface area contributed by atoms with E-state index in [0.29, 0.717) is 19.6 Å². The Kier molecular flexibility index (Phi) is 6.75. The third kappa shape index (κ3) is 4.75. The van der Waals surface area contributed by atoms with Crippen LogP contribution in [0.3, 0.4) is 0 Å². The van der Waals surface area contributed by atoms with Crippen LogP contribution in [0.4, 0.5) is 0 Å². The normalized spacial score (nSPS) is 26.3. The Labute approximate surface area is 115 Å². The lowest BCUT2D eigenvalue weighted by atomic mass is 9.88. The van der Waals surface area contributed by atoms with E-state index in [9.17, 15) is 15.0 Å². The molecule has 0 radical (unpaired) electrons. The van der Waals surface area contributed by atoms with Crippen LogP contribution >= 0.6 is 0 Å². The predicted molar refractivity (Wildman–Crippen MR) is 73.2 cm³/mol. The first-order valence-corrected chi connectivity index (χ1v) is 7.25. The number of aliphatic hydroxyl groups excluding tert-OH is 1. The number of aliphatic carboxylic acids is 1. The van der Waals surface area contributed by atoms with Crippen LogP contribution in [-0.2, 0) is 9.53 Å². The van der Waals surface area contributed by atoms with Crippen molar-refractivity contribution < 1.29 is 19.7 Å². The second-order valence-corrected chi connectivity index (χ2v) is 5.56. The molecule has 0 aromatic heterocycles. The van der Waals surface area contributed by atoms with E-state index in [1.165, 1.54) is 0 Å². The van der Waals surface area contributed by atoms with Crippen molar-refractivity contribution in [2.75, 3.05) is 26.3 Å². The number of nitrogens with zero attached hydrogens (tertiary/aromatic N) is 1. The Morgan fingerprint density at radius 2 is 2.21 bits per heavy atom. The van der Waals surface area contributed by atoms with Gasteiger partial charge >= 0.3 is 5.97 Å². The lowest BCUT2D eigenvalue weighted by Gasteiger charge is -2.42. The third-order valence-corrected chi connectivity index (χ3v) is 3.88. The summed E-state index contributed by atoms with van der Waals surface area (Å²) in [6.07, 6.45) is 4.01. The zero-order chi connectivity index (χ0) is 14.3. The Hall–Kier alpha value is -0.650. The molecule has 0 amide bonds. The summed E-state index contributed by atoms with van der Waals surface area (Å²) in [5.41, 5.74) is -0.845. The number of carbonyl (C=O) groups is 1. The molecule has 5 nitrogen and oxygen atoms in total. The number of likely N-dealkylation sites (tertiary alicyclic amines) is 1. The van der Waals surface area contributed by atoms with Gasteiger partial charge in [-0.3, -0.25) is 9.69 Å². The lowest BCUT2D eigenvalue weighted by Crippen LogP contribution is -2.57. The maximum Gasteiger partial charge on any atom is 0.323 e. The SMILES string of the molecule is CCCCOCC(O)CN1CCCCC1(C)C(=O)O. The highest BCUT2D eigenvalue weighted by Crippen LogP contribution is 2.28. The molecular formula is C14H27NO4. The maximum atomic E-state index is 11.4. The van der Waals surface area contributed by atoms with Gasteiger partial charge in [-0.15, -0.1) is 0 Å². The molecule has 5 heteroatoms. The van der Waals surface area contributed by atoms with Crippen LogP contribution in [0, 0.1) is 0 Å². The molecule has 1 aliphatic heterocycles. The largest absolute Gasteiger partial charge is 0.480 e. The van der Waals surface area contributed by atoms with Crippen LogP contribution in [0.2, 0.25) is 0 Å². The van der Waals surface area contributed by atoms with E-state index in [1.54, 1.807) is 6.92 Å². The Bertz CT molecular complexity index is 285. The van der Waals surface area contributed by atoms with Gasteiger partial charge in [0.2, 0.25) is 0 Å². The number of unbranched alkanes of at least 4 members (excludes halogenated alkanes) is 1. The standard InChI is InChI=1S/C14H27NO4/c1-3-4-9-19-11-12(16)10-15-8-6-5-7-14(15,2)13(17)18/h12,16H,3-11H2,1-2H3,(H,17,18). The van der Waals surface area contributed by atoms with Crippen molar-refractivity contribution in [2.45, 2.75) is 57.6 Å². The molecule has 1 saturated heterocycles. The highest BCUT2D eigenvalue weighted by molar-refractivity contribution is 5.78. The number of piperidine rings is 1. The second-order valence-electron chi connectivity index (χ2n) is 5.56. The minimum atomic E-state index is -0.845. The monoisotopic (exact) mass is 273 g/mol. The molecule has 2 N–H and O–H groups in total. The van der Waals surface area contributed by atoms with Crippen LogP contribution in [0.1, 0.15) is 46.0 Å². The smallest absolute Gasteiger partial charge is 0.323 e. The van der Waals surface area contributed by atoms with E-state index in [4.69, 9.17) is 4.74 Å². The number of aliphatic hydroxyl groups is 1. The molecule has 2 atom stereocenters. The van der Waals surface area contributed by atoms with Gasteiger partial charge in [0, 0.05) is 13.2 Å². The summed E-state index contributed by atoms with van der Waals surface area (Å²) in [6.45, 7) is 5.88. The van der Waals surface area contributed by atoms with Gasteiger partial charge in [0.15, 0.2) is 0 Å². The van der Waals surface area contributed by atoms with Crippen LogP contribution < -0.4 is 0 Å². The van der Waals surface area contributed by atoms with E-state index in [-0.39, 0.29) is 6.61 Å². The molecule has 0 aromatic carbocycles. The van der Waals surface area contributed by atoms with E-state index < -0.39 is 17.6 Å². The highest BCUT2D eigenvalue weighted by Gasteiger charge is 2.41. The highest BCUT2D eigenvalue weighted by atomic mass is 16.5. The summed E-state index contributed by atoms with van der Waals surface area (Å²) in [5.74, 6) is -0.800. The number of carboxylic acids is 1. The molecule has 1 aliphatic rings. The van der Waals surface area contributed by atoms with Gasteiger partial charge in [0.25, 0.3) is 0 Å². The predicted octanol–water partition coefficient (Wildman–Crippen LogP) is 1.49. The maximum absolute atomic E-state index is 11.4. The summed E-state index contributed by atoms with van der Waals surface area (Å²) in [5, 5.41) is 19.3. The van der Waals surface area contributed by atoms with Gasteiger partial charge in [-0.25, -0.2) is 0 Å². The van der Waals surface area contributed by atoms with Crippen LogP contribution in [0.5, 0.6) is 0 Å². The van der Waals surface area contributed by atoms with E-state index in [0.717, 1.165) is 32.2 Å². The Morgan fingerprint density at radius 3 is 2.84 bits per heavy atom. The number of hydrogen-bond donors (Lipinski definition) is 2. The van der Waals surface area contributed by atoms with Crippen molar-refractivity contribution in [1.82, 2.24) is 4.90 Å². The summed E-state index contributed by atoms with van der Waals surface area (Å²) in [4.78, 5) is 13.3. The minimum absolute atomic E-state index is 0.284. The molecular weight excluding hydrogens is 246 g/mol. The van der Waals surface area contributed by atoms with Crippen LogP contribution in [0.15, 0.2) is 0 Å². The van der Waals surface area contributed by atoms with E-state index >= 15 is 0 Å². The van der Waals surface area contributed by atoms with Gasteiger partial charge in [-0.1, -0.05) is 13.3 Å². The molecule has 1 rings (SSSR count). The van der Waals surface area contributed by atoms with Gasteiger partial charge in [0.05, 0.1) is 12.7 Å². The number of ether oxygens (including phenoxy) is 1. The van der Waals surface area contributed by atoms with Gasteiger partial charge < -0.3 is 14.9 Å². The molecule has 19 heavy (non-hydrogen) atoms. The van der Waals surface area contributed by atoms with Gasteiger partial charge in [-0.2, -0.15) is 0 Å². The molecule has 2 unspecified atom stereocenters. The molecule has 1 heterocycles. The molecule has 0 saturated carbocycles. The minimum Gasteiger partial charge on any atom is -0.480 e. The zero-order valence-electron chi connectivity index (χ0n) is 12.1. The fourth-order valence-electron chi connectivity index (χ4n) is 2.48. The number of hydrogen-bond acceptors (Lipinski definition) is 4. The third-order valence-electron chi connectivity index (χ3n) is 3.88. The summed E-state index contributed by atoms with van der Waals surface area (Å²) < 4.78 is 5.38. The van der Waals surface area contributed by atoms with Crippen molar-refractivity contribution in [2.24, 2.45) is 0 Å². The lowest BCUT2D eigenvalue weighted by molar-refractivity contribution is -0.154. The van der Waals surface area contributed by atoms with Crippen molar-refractivity contribution in [3.05, 3.63) is 0 Å². The number of carboxylic acid groups (broad SMARTS) is 1. The Balaban J connectivity index is 2.42. The van der Waals surface area contributed by atoms with E-state index in [1.807, 2.05) is 4.90 Å². The Morgan fingerprint density at radius 1 is 1.47 bits per heavy atom. The van der Waals surface area contributed by atoms with Crippen molar-refractivity contribution >= 4 is 5.97 Å². The number of β-amino-alcohol motifs (C(OH)–C–C–N with tert-alkyl or cyclic N) is 1. The summed E-state index contributed by atoms with van der Waals surface area (Å²) in [7, 11) is 0. The first-order chi connectivity index (χ1) is 9.00.